The lowest BCUT2D eigenvalue weighted by atomic mass is 10.2. The van der Waals surface area contributed by atoms with Gasteiger partial charge in [0, 0.05) is 29.3 Å². The Kier molecular flexibility index (Phi) is 9.14. The van der Waals surface area contributed by atoms with Crippen molar-refractivity contribution in [3.8, 4) is 0 Å². The number of hydrogen-bond donors (Lipinski definition) is 2. The van der Waals surface area contributed by atoms with Crippen LogP contribution in [0.15, 0.2) is 27.6 Å². The number of nitrogens with one attached hydrogen (secondary N) is 2. The fourth-order valence-electron chi connectivity index (χ4n) is 2.49. The molecule has 144 valence electrons. The van der Waals surface area contributed by atoms with Crippen molar-refractivity contribution in [2.75, 3.05) is 14.2 Å². The summed E-state index contributed by atoms with van der Waals surface area (Å²) >= 11 is 1.81. The molecule has 0 radical (unpaired) electrons. The van der Waals surface area contributed by atoms with E-state index in [0.29, 0.717) is 29.6 Å². The highest BCUT2D eigenvalue weighted by Gasteiger charge is 2.15. The van der Waals surface area contributed by atoms with Crippen LogP contribution in [0.4, 0.5) is 0 Å². The molecule has 1 atom stereocenters. The number of methoxy groups -OCH3 is 1. The third-order valence-electron chi connectivity index (χ3n) is 3.71. The van der Waals surface area contributed by atoms with Gasteiger partial charge < -0.3 is 19.8 Å². The third-order valence-corrected chi connectivity index (χ3v) is 4.74. The van der Waals surface area contributed by atoms with Crippen molar-refractivity contribution in [1.82, 2.24) is 10.6 Å². The van der Waals surface area contributed by atoms with Crippen LogP contribution in [0.1, 0.15) is 38.6 Å². The van der Waals surface area contributed by atoms with Crippen molar-refractivity contribution in [2.45, 2.75) is 39.8 Å². The van der Waals surface area contributed by atoms with Gasteiger partial charge in [-0.05, 0) is 39.0 Å². The fraction of sp³-hybridized carbons (Fsp3) is 0.444. The lowest BCUT2D eigenvalue weighted by Crippen LogP contribution is -2.42. The van der Waals surface area contributed by atoms with Gasteiger partial charge in [0.2, 0.25) is 0 Å². The first-order valence-corrected chi connectivity index (χ1v) is 8.94. The average molecular weight is 491 g/mol. The zero-order valence-corrected chi connectivity index (χ0v) is 18.9. The molecule has 0 saturated heterocycles. The number of aliphatic imine (C=N–C) groups is 1. The van der Waals surface area contributed by atoms with Crippen molar-refractivity contribution in [3.05, 3.63) is 45.0 Å². The Morgan fingerprint density at radius 1 is 1.38 bits per heavy atom. The second kappa shape index (κ2) is 10.6. The summed E-state index contributed by atoms with van der Waals surface area (Å²) in [5.74, 6) is 1.50. The van der Waals surface area contributed by atoms with Crippen LogP contribution in [0.3, 0.4) is 0 Å². The highest BCUT2D eigenvalue weighted by atomic mass is 127. The highest BCUT2D eigenvalue weighted by molar-refractivity contribution is 14.0. The summed E-state index contributed by atoms with van der Waals surface area (Å²) in [5.41, 5.74) is 0.448. The van der Waals surface area contributed by atoms with E-state index in [4.69, 9.17) is 9.15 Å². The monoisotopic (exact) mass is 491 g/mol. The van der Waals surface area contributed by atoms with Gasteiger partial charge in [-0.25, -0.2) is 4.79 Å². The number of thiophene rings is 1. The number of nitrogens with zero attached hydrogens (tertiary/aromatic N) is 1. The van der Waals surface area contributed by atoms with Gasteiger partial charge in [0.1, 0.15) is 17.1 Å². The minimum Gasteiger partial charge on any atom is -0.465 e. The van der Waals surface area contributed by atoms with E-state index >= 15 is 0 Å². The van der Waals surface area contributed by atoms with Crippen LogP contribution < -0.4 is 10.6 Å². The van der Waals surface area contributed by atoms with Crippen molar-refractivity contribution in [1.29, 1.82) is 0 Å². The molecule has 0 amide bonds. The van der Waals surface area contributed by atoms with Crippen molar-refractivity contribution < 1.29 is 13.9 Å². The Labute approximate surface area is 175 Å². The number of ether oxygens (including phenoxy) is 1. The van der Waals surface area contributed by atoms with E-state index in [1.54, 1.807) is 20.0 Å². The minimum absolute atomic E-state index is 0. The molecule has 26 heavy (non-hydrogen) atoms. The van der Waals surface area contributed by atoms with Crippen LogP contribution in [0.2, 0.25) is 0 Å². The molecule has 0 aliphatic heterocycles. The zero-order valence-electron chi connectivity index (χ0n) is 15.7. The number of rotatable bonds is 6. The zero-order chi connectivity index (χ0) is 18.4. The lowest BCUT2D eigenvalue weighted by molar-refractivity contribution is 0.0599. The number of carbonyl (C=O) groups is 1. The third kappa shape index (κ3) is 6.31. The summed E-state index contributed by atoms with van der Waals surface area (Å²) in [4.78, 5) is 18.5. The van der Waals surface area contributed by atoms with Gasteiger partial charge in [-0.1, -0.05) is 0 Å². The van der Waals surface area contributed by atoms with E-state index in [9.17, 15) is 4.79 Å². The van der Waals surface area contributed by atoms with E-state index in [2.05, 4.69) is 41.6 Å². The average Bonchev–Trinajstić information content (AvgIpc) is 3.16. The molecule has 2 aromatic rings. The first-order chi connectivity index (χ1) is 11.9. The maximum absolute atomic E-state index is 11.6. The van der Waals surface area contributed by atoms with Crippen LogP contribution in [0, 0.1) is 13.8 Å². The Bertz CT molecular complexity index is 755. The maximum Gasteiger partial charge on any atom is 0.341 e. The summed E-state index contributed by atoms with van der Waals surface area (Å²) in [6.45, 7) is 6.41. The quantitative estimate of drug-likeness (QED) is 0.279. The lowest BCUT2D eigenvalue weighted by Gasteiger charge is -2.17. The normalized spacial score (nSPS) is 12.3. The molecule has 2 aromatic heterocycles. The van der Waals surface area contributed by atoms with Crippen molar-refractivity contribution in [3.63, 3.8) is 0 Å². The van der Waals surface area contributed by atoms with E-state index in [1.165, 1.54) is 16.9 Å². The number of esters is 1. The van der Waals surface area contributed by atoms with Crippen LogP contribution in [0.5, 0.6) is 0 Å². The summed E-state index contributed by atoms with van der Waals surface area (Å²) in [6, 6.07) is 6.24. The Balaban J connectivity index is 0.00000338. The Hall–Kier alpha value is -1.55. The number of furan rings is 1. The fourth-order valence-corrected chi connectivity index (χ4v) is 3.51. The summed E-state index contributed by atoms with van der Waals surface area (Å²) < 4.78 is 10.3. The van der Waals surface area contributed by atoms with Crippen LogP contribution in [-0.4, -0.2) is 32.1 Å². The van der Waals surface area contributed by atoms with Crippen LogP contribution in [0.25, 0.3) is 0 Å². The molecule has 2 rings (SSSR count). The van der Waals surface area contributed by atoms with Gasteiger partial charge in [-0.2, -0.15) is 0 Å². The summed E-state index contributed by atoms with van der Waals surface area (Å²) in [7, 11) is 3.08. The minimum atomic E-state index is -0.394. The van der Waals surface area contributed by atoms with E-state index in [-0.39, 0.29) is 30.0 Å². The van der Waals surface area contributed by atoms with Gasteiger partial charge in [0.15, 0.2) is 5.96 Å². The molecule has 0 spiro atoms. The van der Waals surface area contributed by atoms with Gasteiger partial charge in [-0.15, -0.1) is 35.3 Å². The van der Waals surface area contributed by atoms with Crippen LogP contribution in [-0.2, 0) is 17.7 Å². The molecule has 0 aromatic carbocycles. The number of aryl methyl sites for hydroxylation is 2. The number of halogens is 1. The summed E-state index contributed by atoms with van der Waals surface area (Å²) in [5, 5.41) is 6.56. The van der Waals surface area contributed by atoms with Gasteiger partial charge >= 0.3 is 5.97 Å². The second-order valence-electron chi connectivity index (χ2n) is 5.86. The standard InChI is InChI=1S/C18H25N3O3S.HI/c1-11(8-15-7-6-12(2)25-15)21-18(19-4)20-10-14-9-16(13(3)24-14)17(22)23-5;/h6-7,9,11H,8,10H2,1-5H3,(H2,19,20,21);1H. The SMILES string of the molecule is CN=C(NCc1cc(C(=O)OC)c(C)o1)NC(C)Cc1ccc(C)s1.I. The molecule has 0 aliphatic carbocycles. The topological polar surface area (TPSA) is 75.9 Å². The van der Waals surface area contributed by atoms with E-state index < -0.39 is 5.97 Å². The predicted molar refractivity (Wildman–Crippen MR) is 116 cm³/mol. The Morgan fingerprint density at radius 3 is 2.69 bits per heavy atom. The number of guanidine groups is 1. The molecule has 1 unspecified atom stereocenters. The number of carbonyl (C=O) groups excluding carboxylic acids is 1. The first kappa shape index (κ1) is 22.5. The van der Waals surface area contributed by atoms with E-state index in [0.717, 1.165) is 6.42 Å². The molecule has 0 fully saturated rings. The Morgan fingerprint density at radius 2 is 2.12 bits per heavy atom. The van der Waals surface area contributed by atoms with Crippen LogP contribution >= 0.6 is 35.3 Å². The molecular weight excluding hydrogens is 465 g/mol. The molecule has 2 heterocycles. The number of hydrogen-bond acceptors (Lipinski definition) is 5. The van der Waals surface area contributed by atoms with Gasteiger partial charge in [0.05, 0.1) is 13.7 Å². The summed E-state index contributed by atoms with van der Waals surface area (Å²) in [6.07, 6.45) is 0.936. The first-order valence-electron chi connectivity index (χ1n) is 8.13. The predicted octanol–water partition coefficient (Wildman–Crippen LogP) is 3.66. The molecular formula is C18H26IN3O3S. The highest BCUT2D eigenvalue weighted by Crippen LogP contribution is 2.17. The molecule has 2 N–H and O–H groups in total. The van der Waals surface area contributed by atoms with Crippen molar-refractivity contribution in [2.24, 2.45) is 4.99 Å². The molecule has 8 heteroatoms. The maximum atomic E-state index is 11.6. The van der Waals surface area contributed by atoms with Gasteiger partial charge in [-0.3, -0.25) is 4.99 Å². The second-order valence-corrected chi connectivity index (χ2v) is 7.23. The molecule has 0 aliphatic rings. The molecule has 0 bridgehead atoms. The largest absolute Gasteiger partial charge is 0.465 e. The van der Waals surface area contributed by atoms with Gasteiger partial charge in [0.25, 0.3) is 0 Å². The molecule has 6 nitrogen and oxygen atoms in total. The van der Waals surface area contributed by atoms with Crippen molar-refractivity contribution >= 4 is 47.2 Å². The smallest absolute Gasteiger partial charge is 0.341 e. The van der Waals surface area contributed by atoms with E-state index in [1.807, 2.05) is 11.3 Å². The molecule has 0 saturated carbocycles.